The fourth-order valence-corrected chi connectivity index (χ4v) is 2.58. The van der Waals surface area contributed by atoms with Crippen LogP contribution < -0.4 is 5.32 Å². The molecule has 3 rings (SSSR count). The number of hydrogen-bond donors (Lipinski definition) is 1. The molecule has 6 heteroatoms. The Hall–Kier alpha value is -1.95. The van der Waals surface area contributed by atoms with Gasteiger partial charge in [-0.1, -0.05) is 5.16 Å². The van der Waals surface area contributed by atoms with E-state index in [0.717, 1.165) is 23.8 Å². The molecule has 1 aliphatic rings. The van der Waals surface area contributed by atoms with Crippen molar-refractivity contribution in [2.24, 2.45) is 5.92 Å². The van der Waals surface area contributed by atoms with Crippen LogP contribution in [0.2, 0.25) is 0 Å². The van der Waals surface area contributed by atoms with Gasteiger partial charge >= 0.3 is 0 Å². The number of nitrogens with zero attached hydrogens (tertiary/aromatic N) is 4. The highest BCUT2D eigenvalue weighted by atomic mass is 16.5. The van der Waals surface area contributed by atoms with Gasteiger partial charge in [0.25, 0.3) is 5.89 Å². The van der Waals surface area contributed by atoms with Gasteiger partial charge in [-0.05, 0) is 51.9 Å². The van der Waals surface area contributed by atoms with Crippen molar-refractivity contribution in [3.05, 3.63) is 24.2 Å². The molecule has 0 aliphatic heterocycles. The standard InChI is InChI=1S/C15H21N5O/c1-10-18-15(21-19-10)12-5-4-8-16-14(12)17-9-13(20(2)3)11-6-7-11/h4-5,8,11,13H,6-7,9H2,1-3H3,(H,16,17). The lowest BCUT2D eigenvalue weighted by molar-refractivity contribution is 0.276. The lowest BCUT2D eigenvalue weighted by Gasteiger charge is -2.24. The molecule has 0 saturated heterocycles. The molecule has 112 valence electrons. The first-order valence-corrected chi connectivity index (χ1v) is 7.31. The van der Waals surface area contributed by atoms with Crippen LogP contribution >= 0.6 is 0 Å². The highest BCUT2D eigenvalue weighted by molar-refractivity contribution is 5.68. The summed E-state index contributed by atoms with van der Waals surface area (Å²) in [5.41, 5.74) is 0.853. The van der Waals surface area contributed by atoms with Crippen molar-refractivity contribution in [2.45, 2.75) is 25.8 Å². The number of hydrogen-bond acceptors (Lipinski definition) is 6. The minimum Gasteiger partial charge on any atom is -0.368 e. The quantitative estimate of drug-likeness (QED) is 0.878. The normalized spacial score (nSPS) is 16.2. The Morgan fingerprint density at radius 2 is 2.24 bits per heavy atom. The molecule has 1 unspecified atom stereocenters. The largest absolute Gasteiger partial charge is 0.368 e. The maximum atomic E-state index is 5.25. The maximum absolute atomic E-state index is 5.25. The third-order valence-corrected chi connectivity index (χ3v) is 3.87. The predicted octanol–water partition coefficient (Wildman–Crippen LogP) is 2.19. The second-order valence-electron chi connectivity index (χ2n) is 5.80. The molecule has 21 heavy (non-hydrogen) atoms. The molecule has 6 nitrogen and oxygen atoms in total. The zero-order valence-corrected chi connectivity index (χ0v) is 12.7. The number of anilines is 1. The van der Waals surface area contributed by atoms with E-state index in [9.17, 15) is 0 Å². The van der Waals surface area contributed by atoms with Crippen molar-refractivity contribution in [3.8, 4) is 11.5 Å². The van der Waals surface area contributed by atoms with Crippen LogP contribution in [0.25, 0.3) is 11.5 Å². The summed E-state index contributed by atoms with van der Waals surface area (Å²) in [4.78, 5) is 11.0. The van der Waals surface area contributed by atoms with Gasteiger partial charge in [0.05, 0.1) is 5.56 Å². The third kappa shape index (κ3) is 3.21. The fraction of sp³-hybridized carbons (Fsp3) is 0.533. The molecular formula is C15H21N5O. The molecule has 2 heterocycles. The van der Waals surface area contributed by atoms with Gasteiger partial charge in [0.1, 0.15) is 5.82 Å². The van der Waals surface area contributed by atoms with Gasteiger partial charge in [0, 0.05) is 18.8 Å². The molecule has 2 aromatic heterocycles. The minimum atomic E-state index is 0.510. The Labute approximate surface area is 124 Å². The summed E-state index contributed by atoms with van der Waals surface area (Å²) < 4.78 is 5.25. The minimum absolute atomic E-state index is 0.510. The Kier molecular flexibility index (Phi) is 3.88. The predicted molar refractivity (Wildman–Crippen MR) is 81.0 cm³/mol. The van der Waals surface area contributed by atoms with Crippen LogP contribution in [-0.2, 0) is 0 Å². The van der Waals surface area contributed by atoms with Crippen molar-refractivity contribution in [3.63, 3.8) is 0 Å². The van der Waals surface area contributed by atoms with Crippen LogP contribution in [0.3, 0.4) is 0 Å². The van der Waals surface area contributed by atoms with E-state index >= 15 is 0 Å². The molecule has 0 amide bonds. The second-order valence-corrected chi connectivity index (χ2v) is 5.80. The highest BCUT2D eigenvalue weighted by Crippen LogP contribution is 2.35. The first-order chi connectivity index (χ1) is 10.1. The Morgan fingerprint density at radius 3 is 2.86 bits per heavy atom. The van der Waals surface area contributed by atoms with Crippen LogP contribution in [0.15, 0.2) is 22.9 Å². The van der Waals surface area contributed by atoms with Crippen LogP contribution in [0, 0.1) is 12.8 Å². The number of aryl methyl sites for hydroxylation is 1. The summed E-state index contributed by atoms with van der Waals surface area (Å²) in [7, 11) is 4.26. The van der Waals surface area contributed by atoms with E-state index in [1.54, 1.807) is 6.20 Å². The van der Waals surface area contributed by atoms with Crippen LogP contribution in [0.5, 0.6) is 0 Å². The van der Waals surface area contributed by atoms with E-state index in [-0.39, 0.29) is 0 Å². The maximum Gasteiger partial charge on any atom is 0.261 e. The lowest BCUT2D eigenvalue weighted by Crippen LogP contribution is -2.36. The van der Waals surface area contributed by atoms with E-state index in [1.165, 1.54) is 12.8 Å². The lowest BCUT2D eigenvalue weighted by atomic mass is 10.1. The average Bonchev–Trinajstić information content (AvgIpc) is 3.20. The molecule has 0 spiro atoms. The molecule has 0 bridgehead atoms. The topological polar surface area (TPSA) is 67.1 Å². The smallest absolute Gasteiger partial charge is 0.261 e. The molecule has 0 radical (unpaired) electrons. The van der Waals surface area contributed by atoms with Crippen molar-refractivity contribution in [1.29, 1.82) is 0 Å². The molecule has 1 saturated carbocycles. The van der Waals surface area contributed by atoms with Gasteiger partial charge in [-0.2, -0.15) is 4.98 Å². The second kappa shape index (κ2) is 5.81. The summed E-state index contributed by atoms with van der Waals surface area (Å²) in [5, 5.41) is 7.29. The van der Waals surface area contributed by atoms with Crippen molar-refractivity contribution in [2.75, 3.05) is 26.0 Å². The summed E-state index contributed by atoms with van der Waals surface area (Å²) in [6.45, 7) is 2.68. The first kappa shape index (κ1) is 14.0. The summed E-state index contributed by atoms with van der Waals surface area (Å²) in [6.07, 6.45) is 4.42. The van der Waals surface area contributed by atoms with Crippen LogP contribution in [-0.4, -0.2) is 46.7 Å². The zero-order chi connectivity index (χ0) is 14.8. The van der Waals surface area contributed by atoms with Crippen LogP contribution in [0.4, 0.5) is 5.82 Å². The first-order valence-electron chi connectivity index (χ1n) is 7.31. The van der Waals surface area contributed by atoms with Gasteiger partial charge in [-0.3, -0.25) is 0 Å². The number of pyridine rings is 1. The molecule has 1 aliphatic carbocycles. The van der Waals surface area contributed by atoms with Crippen LogP contribution in [0.1, 0.15) is 18.7 Å². The average molecular weight is 287 g/mol. The van der Waals surface area contributed by atoms with E-state index in [0.29, 0.717) is 17.8 Å². The molecule has 1 fully saturated rings. The SMILES string of the molecule is Cc1noc(-c2cccnc2NCC(C2CC2)N(C)C)n1. The molecule has 2 aromatic rings. The molecule has 0 aromatic carbocycles. The number of nitrogens with one attached hydrogen (secondary N) is 1. The number of likely N-dealkylation sites (N-methyl/N-ethyl adjacent to an activating group) is 1. The third-order valence-electron chi connectivity index (χ3n) is 3.87. The number of aromatic nitrogens is 3. The summed E-state index contributed by atoms with van der Waals surface area (Å²) >= 11 is 0. The van der Waals surface area contributed by atoms with Gasteiger partial charge in [-0.25, -0.2) is 4.98 Å². The monoisotopic (exact) mass is 287 g/mol. The molecule has 1 N–H and O–H groups in total. The Morgan fingerprint density at radius 1 is 1.43 bits per heavy atom. The van der Waals surface area contributed by atoms with Gasteiger partial charge in [-0.15, -0.1) is 0 Å². The van der Waals surface area contributed by atoms with E-state index < -0.39 is 0 Å². The fourth-order valence-electron chi connectivity index (χ4n) is 2.58. The summed E-state index contributed by atoms with van der Waals surface area (Å²) in [6, 6.07) is 4.36. The Bertz CT molecular complexity index is 604. The zero-order valence-electron chi connectivity index (χ0n) is 12.7. The van der Waals surface area contributed by atoms with Crippen molar-refractivity contribution < 1.29 is 4.52 Å². The van der Waals surface area contributed by atoms with Crippen molar-refractivity contribution >= 4 is 5.82 Å². The number of rotatable bonds is 6. The van der Waals surface area contributed by atoms with E-state index in [1.807, 2.05) is 19.1 Å². The molecular weight excluding hydrogens is 266 g/mol. The Balaban J connectivity index is 1.76. The van der Waals surface area contributed by atoms with Gasteiger partial charge in [0.2, 0.25) is 0 Å². The van der Waals surface area contributed by atoms with Gasteiger partial charge < -0.3 is 14.7 Å². The van der Waals surface area contributed by atoms with Crippen molar-refractivity contribution in [1.82, 2.24) is 20.0 Å². The summed E-state index contributed by atoms with van der Waals surface area (Å²) in [5.74, 6) is 2.74. The molecule has 1 atom stereocenters. The van der Waals surface area contributed by atoms with Gasteiger partial charge in [0.15, 0.2) is 5.82 Å². The van der Waals surface area contributed by atoms with E-state index in [4.69, 9.17) is 4.52 Å². The van der Waals surface area contributed by atoms with E-state index in [2.05, 4.69) is 39.4 Å². The highest BCUT2D eigenvalue weighted by Gasteiger charge is 2.32.